The lowest BCUT2D eigenvalue weighted by Gasteiger charge is -2.28. The number of hydrogen-bond donors (Lipinski definition) is 4. The summed E-state index contributed by atoms with van der Waals surface area (Å²) in [4.78, 5) is 21.2. The van der Waals surface area contributed by atoms with Gasteiger partial charge in [0.2, 0.25) is 5.91 Å². The van der Waals surface area contributed by atoms with E-state index >= 15 is 0 Å². The number of benzene rings is 2. The summed E-state index contributed by atoms with van der Waals surface area (Å²) in [6, 6.07) is 17.1. The summed E-state index contributed by atoms with van der Waals surface area (Å²) < 4.78 is 7.60. The second-order valence-electron chi connectivity index (χ2n) is 8.51. The van der Waals surface area contributed by atoms with Crippen molar-refractivity contribution in [1.82, 2.24) is 19.9 Å². The molecule has 0 bridgehead atoms. The predicted octanol–water partition coefficient (Wildman–Crippen LogP) is 2.97. The van der Waals surface area contributed by atoms with E-state index in [1.54, 1.807) is 4.57 Å². The van der Waals surface area contributed by atoms with Gasteiger partial charge in [-0.2, -0.15) is 0 Å². The third-order valence-electron chi connectivity index (χ3n) is 6.22. The molecule has 0 saturated carbocycles. The number of rotatable bonds is 10. The number of fused-ring (bicyclic) bond motifs is 1. The standard InChI is InChI=1S/C26H29N5O4/c1-2-26(15-32,16-33)14-28-22(34)13-31-12-21(23-24(27)29-17-30-25(23)31)18-8-10-20(11-9-18)35-19-6-4-3-5-7-19/h3-12,17,32-33H,2,13-16H2,1H3,(H,28,34)(H2,27,29,30). The summed E-state index contributed by atoms with van der Waals surface area (Å²) in [5, 5.41) is 22.7. The van der Waals surface area contributed by atoms with Crippen molar-refractivity contribution < 1.29 is 19.7 Å². The van der Waals surface area contributed by atoms with Gasteiger partial charge in [0, 0.05) is 23.7 Å². The van der Waals surface area contributed by atoms with Gasteiger partial charge >= 0.3 is 0 Å². The molecule has 0 spiro atoms. The summed E-state index contributed by atoms with van der Waals surface area (Å²) in [7, 11) is 0. The van der Waals surface area contributed by atoms with Crippen molar-refractivity contribution in [2.24, 2.45) is 5.41 Å². The Bertz CT molecular complexity index is 1280. The normalized spacial score (nSPS) is 11.5. The van der Waals surface area contributed by atoms with Gasteiger partial charge in [0.15, 0.2) is 0 Å². The van der Waals surface area contributed by atoms with Gasteiger partial charge in [-0.3, -0.25) is 4.79 Å². The lowest BCUT2D eigenvalue weighted by atomic mass is 9.87. The maximum absolute atomic E-state index is 12.7. The Balaban J connectivity index is 1.58. The second kappa shape index (κ2) is 10.5. The molecule has 9 heteroatoms. The number of ether oxygens (including phenoxy) is 1. The van der Waals surface area contributed by atoms with Crippen LogP contribution in [-0.2, 0) is 11.3 Å². The van der Waals surface area contributed by atoms with Gasteiger partial charge in [0.1, 0.15) is 35.8 Å². The molecule has 1 amide bonds. The van der Waals surface area contributed by atoms with Gasteiger partial charge in [-0.1, -0.05) is 37.3 Å². The lowest BCUT2D eigenvalue weighted by Crippen LogP contribution is -2.43. The number of carbonyl (C=O) groups excluding carboxylic acids is 1. The van der Waals surface area contributed by atoms with Crippen LogP contribution in [0.3, 0.4) is 0 Å². The third kappa shape index (κ3) is 5.26. The highest BCUT2D eigenvalue weighted by Gasteiger charge is 2.27. The minimum Gasteiger partial charge on any atom is -0.457 e. The Morgan fingerprint density at radius 1 is 1.06 bits per heavy atom. The van der Waals surface area contributed by atoms with E-state index in [0.29, 0.717) is 29.0 Å². The number of aliphatic hydroxyl groups excluding tert-OH is 2. The number of para-hydroxylation sites is 1. The van der Waals surface area contributed by atoms with E-state index in [0.717, 1.165) is 16.9 Å². The van der Waals surface area contributed by atoms with Gasteiger partial charge in [-0.15, -0.1) is 0 Å². The largest absolute Gasteiger partial charge is 0.457 e. The van der Waals surface area contributed by atoms with Crippen molar-refractivity contribution in [1.29, 1.82) is 0 Å². The van der Waals surface area contributed by atoms with Crippen molar-refractivity contribution in [2.75, 3.05) is 25.5 Å². The smallest absolute Gasteiger partial charge is 0.240 e. The highest BCUT2D eigenvalue weighted by Crippen LogP contribution is 2.34. The van der Waals surface area contributed by atoms with Crippen LogP contribution < -0.4 is 15.8 Å². The number of aliphatic hydroxyl groups is 2. The fraction of sp³-hybridized carbons (Fsp3) is 0.269. The average molecular weight is 476 g/mol. The quantitative estimate of drug-likeness (QED) is 0.277. The van der Waals surface area contributed by atoms with Crippen molar-refractivity contribution in [3.63, 3.8) is 0 Å². The lowest BCUT2D eigenvalue weighted by molar-refractivity contribution is -0.122. The number of aromatic nitrogens is 3. The summed E-state index contributed by atoms with van der Waals surface area (Å²) in [6.07, 6.45) is 3.73. The van der Waals surface area contributed by atoms with Crippen LogP contribution in [-0.4, -0.2) is 50.4 Å². The molecule has 2 heterocycles. The van der Waals surface area contributed by atoms with Crippen LogP contribution in [0.4, 0.5) is 5.82 Å². The molecule has 0 fully saturated rings. The van der Waals surface area contributed by atoms with Crippen molar-refractivity contribution in [2.45, 2.75) is 19.9 Å². The Morgan fingerprint density at radius 2 is 1.74 bits per heavy atom. The Morgan fingerprint density at radius 3 is 2.40 bits per heavy atom. The molecular formula is C26H29N5O4. The molecular weight excluding hydrogens is 446 g/mol. The van der Waals surface area contributed by atoms with Crippen LogP contribution >= 0.6 is 0 Å². The van der Waals surface area contributed by atoms with Crippen LogP contribution in [0.25, 0.3) is 22.2 Å². The molecule has 0 atom stereocenters. The van der Waals surface area contributed by atoms with E-state index in [9.17, 15) is 15.0 Å². The molecule has 2 aromatic carbocycles. The first-order valence-electron chi connectivity index (χ1n) is 11.4. The number of nitrogen functional groups attached to an aromatic ring is 1. The molecule has 0 aliphatic carbocycles. The molecule has 0 saturated heterocycles. The predicted molar refractivity (Wildman–Crippen MR) is 134 cm³/mol. The van der Waals surface area contributed by atoms with Gasteiger partial charge in [0.25, 0.3) is 0 Å². The van der Waals surface area contributed by atoms with Gasteiger partial charge in [-0.05, 0) is 36.2 Å². The molecule has 0 aliphatic rings. The summed E-state index contributed by atoms with van der Waals surface area (Å²) in [5.41, 5.74) is 7.65. The number of nitrogens with one attached hydrogen (secondary N) is 1. The van der Waals surface area contributed by atoms with E-state index in [4.69, 9.17) is 10.5 Å². The first-order valence-corrected chi connectivity index (χ1v) is 11.4. The highest BCUT2D eigenvalue weighted by molar-refractivity contribution is 6.01. The molecule has 2 aromatic heterocycles. The average Bonchev–Trinajstić information content (AvgIpc) is 3.26. The maximum Gasteiger partial charge on any atom is 0.240 e. The maximum atomic E-state index is 12.7. The molecule has 4 rings (SSSR count). The number of nitrogens with two attached hydrogens (primary N) is 1. The zero-order chi connectivity index (χ0) is 24.8. The van der Waals surface area contributed by atoms with Crippen molar-refractivity contribution >= 4 is 22.8 Å². The minimum atomic E-state index is -0.754. The number of nitrogens with zero attached hydrogens (tertiary/aromatic N) is 3. The van der Waals surface area contributed by atoms with E-state index in [1.165, 1.54) is 6.33 Å². The van der Waals surface area contributed by atoms with Crippen LogP contribution in [0.1, 0.15) is 13.3 Å². The first kappa shape index (κ1) is 24.2. The van der Waals surface area contributed by atoms with Crippen LogP contribution in [0.5, 0.6) is 11.5 Å². The molecule has 4 aromatic rings. The zero-order valence-corrected chi connectivity index (χ0v) is 19.5. The fourth-order valence-electron chi connectivity index (χ4n) is 3.82. The topological polar surface area (TPSA) is 136 Å². The molecule has 5 N–H and O–H groups in total. The summed E-state index contributed by atoms with van der Waals surface area (Å²) >= 11 is 0. The third-order valence-corrected chi connectivity index (χ3v) is 6.22. The minimum absolute atomic E-state index is 0.00118. The molecule has 182 valence electrons. The van der Waals surface area contributed by atoms with E-state index in [1.807, 2.05) is 67.7 Å². The van der Waals surface area contributed by atoms with E-state index in [2.05, 4.69) is 15.3 Å². The number of amides is 1. The van der Waals surface area contributed by atoms with Crippen LogP contribution in [0, 0.1) is 5.41 Å². The highest BCUT2D eigenvalue weighted by atomic mass is 16.5. The Hall–Kier alpha value is -3.95. The molecule has 0 unspecified atom stereocenters. The number of carbonyl (C=O) groups is 1. The van der Waals surface area contributed by atoms with Crippen molar-refractivity contribution in [3.8, 4) is 22.6 Å². The monoisotopic (exact) mass is 475 g/mol. The first-order chi connectivity index (χ1) is 17.0. The molecule has 35 heavy (non-hydrogen) atoms. The van der Waals surface area contributed by atoms with Gasteiger partial charge in [0.05, 0.1) is 18.6 Å². The SMILES string of the molecule is CCC(CO)(CO)CNC(=O)Cn1cc(-c2ccc(Oc3ccccc3)cc2)c2c(N)ncnc21. The molecule has 9 nitrogen and oxygen atoms in total. The van der Waals surface area contributed by atoms with E-state index in [-0.39, 0.29) is 32.2 Å². The fourth-order valence-corrected chi connectivity index (χ4v) is 3.82. The number of hydrogen-bond acceptors (Lipinski definition) is 7. The van der Waals surface area contributed by atoms with Crippen molar-refractivity contribution in [3.05, 3.63) is 67.1 Å². The van der Waals surface area contributed by atoms with Crippen LogP contribution in [0.2, 0.25) is 0 Å². The van der Waals surface area contributed by atoms with Gasteiger partial charge in [-0.25, -0.2) is 9.97 Å². The second-order valence-corrected chi connectivity index (χ2v) is 8.51. The Kier molecular flexibility index (Phi) is 7.28. The van der Waals surface area contributed by atoms with Gasteiger partial charge < -0.3 is 30.6 Å². The molecule has 0 aliphatic heterocycles. The summed E-state index contributed by atoms with van der Waals surface area (Å²) in [5.74, 6) is 1.49. The summed E-state index contributed by atoms with van der Waals surface area (Å²) in [6.45, 7) is 1.59. The van der Waals surface area contributed by atoms with E-state index < -0.39 is 5.41 Å². The number of anilines is 1. The van der Waals surface area contributed by atoms with Crippen LogP contribution in [0.15, 0.2) is 67.1 Å². The molecule has 0 radical (unpaired) electrons. The zero-order valence-electron chi connectivity index (χ0n) is 19.5. The Labute approximate surface area is 203 Å².